The monoisotopic (exact) mass is 380 g/mol. The Kier molecular flexibility index (Phi) is 6.74. The van der Waals surface area contributed by atoms with E-state index in [1.807, 2.05) is 18.2 Å². The van der Waals surface area contributed by atoms with Crippen LogP contribution in [0.5, 0.6) is 0 Å². The van der Waals surface area contributed by atoms with Gasteiger partial charge in [0.2, 0.25) is 0 Å². The van der Waals surface area contributed by atoms with Gasteiger partial charge in [0.1, 0.15) is 6.79 Å². The molecule has 1 aliphatic rings. The largest absolute Gasteiger partial charge is 0.359 e. The molecule has 2 nitrogen and oxygen atoms in total. The van der Waals surface area contributed by atoms with Gasteiger partial charge in [-0.25, -0.2) is 0 Å². The van der Waals surface area contributed by atoms with Crippen molar-refractivity contribution in [1.29, 1.82) is 0 Å². The molecule has 4 heteroatoms. The van der Waals surface area contributed by atoms with Crippen molar-refractivity contribution >= 4 is 8.41 Å². The Labute approximate surface area is 160 Å². The smallest absolute Gasteiger partial charge is 0.265 e. The minimum atomic E-state index is -3.29. The first kappa shape index (κ1) is 21.6. The maximum Gasteiger partial charge on any atom is 0.265 e. The normalized spacial score (nSPS) is 23.2. The Hall–Kier alpha value is -0.713. The molecule has 0 aliphatic heterocycles. The van der Waals surface area contributed by atoms with Crippen LogP contribution in [-0.4, -0.2) is 28.4 Å². The van der Waals surface area contributed by atoms with Crippen molar-refractivity contribution in [2.75, 3.05) is 13.9 Å². The summed E-state index contributed by atoms with van der Waals surface area (Å²) in [5.41, 5.74) is 1.07. The van der Waals surface area contributed by atoms with Crippen LogP contribution in [0, 0.1) is 5.92 Å². The molecule has 3 atom stereocenters. The number of halogens is 1. The Morgan fingerprint density at radius 2 is 1.62 bits per heavy atom. The van der Waals surface area contributed by atoms with Crippen molar-refractivity contribution < 1.29 is 13.6 Å². The molecule has 26 heavy (non-hydrogen) atoms. The van der Waals surface area contributed by atoms with Crippen molar-refractivity contribution in [3.8, 4) is 0 Å². The van der Waals surface area contributed by atoms with Crippen molar-refractivity contribution in [3.63, 3.8) is 0 Å². The lowest BCUT2D eigenvalue weighted by molar-refractivity contribution is -0.0846. The molecule has 148 valence electrons. The van der Waals surface area contributed by atoms with Crippen LogP contribution in [0.25, 0.3) is 0 Å². The zero-order chi connectivity index (χ0) is 19.6. The lowest BCUT2D eigenvalue weighted by Crippen LogP contribution is -2.56. The third-order valence-corrected chi connectivity index (χ3v) is 12.1. The van der Waals surface area contributed by atoms with E-state index in [0.717, 1.165) is 24.8 Å². The van der Waals surface area contributed by atoms with Gasteiger partial charge in [-0.3, -0.25) is 0 Å². The van der Waals surface area contributed by atoms with Crippen molar-refractivity contribution in [3.05, 3.63) is 35.9 Å². The fraction of sp³-hybridized carbons (Fsp3) is 0.727. The maximum atomic E-state index is 17.4. The lowest BCUT2D eigenvalue weighted by atomic mass is 9.95. The fourth-order valence-corrected chi connectivity index (χ4v) is 10.9. The molecule has 1 fully saturated rings. The van der Waals surface area contributed by atoms with E-state index in [0.29, 0.717) is 0 Å². The predicted octanol–water partition coefficient (Wildman–Crippen LogP) is 6.61. The summed E-state index contributed by atoms with van der Waals surface area (Å²) in [7, 11) is -1.64. The van der Waals surface area contributed by atoms with Gasteiger partial charge in [-0.2, -0.15) is 0 Å². The lowest BCUT2D eigenvalue weighted by Gasteiger charge is -2.52. The molecule has 0 N–H and O–H groups in total. The highest BCUT2D eigenvalue weighted by atomic mass is 28.4. The molecule has 0 amide bonds. The van der Waals surface area contributed by atoms with Gasteiger partial charge in [0, 0.05) is 12.7 Å². The maximum absolute atomic E-state index is 17.4. The van der Waals surface area contributed by atoms with Gasteiger partial charge in [0.15, 0.2) is 0 Å². The first-order valence-electron chi connectivity index (χ1n) is 9.88. The predicted molar refractivity (Wildman–Crippen MR) is 110 cm³/mol. The molecule has 0 aromatic heterocycles. The molecule has 1 saturated carbocycles. The first-order chi connectivity index (χ1) is 12.0. The average molecular weight is 381 g/mol. The minimum absolute atomic E-state index is 0.0759. The van der Waals surface area contributed by atoms with Crippen LogP contribution >= 0.6 is 0 Å². The van der Waals surface area contributed by atoms with E-state index in [-0.39, 0.29) is 34.4 Å². The van der Waals surface area contributed by atoms with Gasteiger partial charge in [-0.1, -0.05) is 78.3 Å². The Morgan fingerprint density at radius 3 is 2.12 bits per heavy atom. The molecule has 0 unspecified atom stereocenters. The second-order valence-corrected chi connectivity index (χ2v) is 14.9. The van der Waals surface area contributed by atoms with Crippen LogP contribution in [-0.2, 0) is 9.47 Å². The molecule has 0 heterocycles. The Morgan fingerprint density at radius 1 is 1.04 bits per heavy atom. The SMILES string of the molecule is COCO[C@@H]1CCC[C@@H]1[C@H](c1ccccc1)[Si](F)(C(C)(C)C)C(C)(C)C. The van der Waals surface area contributed by atoms with E-state index in [1.165, 1.54) is 0 Å². The third kappa shape index (κ3) is 4.07. The van der Waals surface area contributed by atoms with E-state index >= 15 is 4.11 Å². The minimum Gasteiger partial charge on any atom is -0.359 e. The molecule has 0 saturated heterocycles. The summed E-state index contributed by atoms with van der Waals surface area (Å²) in [5.74, 6) is 0.211. The average Bonchev–Trinajstić information content (AvgIpc) is 3.00. The molecular formula is C22H37FO2Si. The molecule has 1 aliphatic carbocycles. The van der Waals surface area contributed by atoms with Gasteiger partial charge < -0.3 is 13.6 Å². The summed E-state index contributed by atoms with van der Waals surface area (Å²) in [5, 5.41) is -0.722. The quantitative estimate of drug-likeness (QED) is 0.314. The number of ether oxygens (including phenoxy) is 2. The number of hydrogen-bond acceptors (Lipinski definition) is 2. The van der Waals surface area contributed by atoms with Gasteiger partial charge >= 0.3 is 0 Å². The second-order valence-electron chi connectivity index (χ2n) is 9.81. The molecule has 2 rings (SSSR count). The van der Waals surface area contributed by atoms with Crippen molar-refractivity contribution in [1.82, 2.24) is 0 Å². The summed E-state index contributed by atoms with van der Waals surface area (Å²) < 4.78 is 28.5. The third-order valence-electron chi connectivity index (χ3n) is 6.10. The van der Waals surface area contributed by atoms with Gasteiger partial charge in [0.05, 0.1) is 6.10 Å². The molecule has 1 aromatic rings. The zero-order valence-electron chi connectivity index (χ0n) is 17.6. The zero-order valence-corrected chi connectivity index (χ0v) is 18.6. The van der Waals surface area contributed by atoms with Crippen LogP contribution in [0.15, 0.2) is 30.3 Å². The summed E-state index contributed by atoms with van der Waals surface area (Å²) in [6.07, 6.45) is 3.20. The molecular weight excluding hydrogens is 343 g/mol. The molecule has 0 radical (unpaired) electrons. The highest BCUT2D eigenvalue weighted by molar-refractivity contribution is 6.80. The van der Waals surface area contributed by atoms with Crippen molar-refractivity contribution in [2.24, 2.45) is 5.92 Å². The molecule has 0 spiro atoms. The summed E-state index contributed by atoms with van der Waals surface area (Å²) in [6.45, 7) is 12.9. The Balaban J connectivity index is 2.57. The second kappa shape index (κ2) is 8.11. The van der Waals surface area contributed by atoms with Crippen LogP contribution < -0.4 is 0 Å². The van der Waals surface area contributed by atoms with E-state index in [4.69, 9.17) is 9.47 Å². The van der Waals surface area contributed by atoms with Gasteiger partial charge in [-0.15, -0.1) is 0 Å². The summed E-state index contributed by atoms with van der Waals surface area (Å²) in [4.78, 5) is 0. The fourth-order valence-electron chi connectivity index (χ4n) is 5.19. The van der Waals surface area contributed by atoms with Crippen LogP contribution in [0.3, 0.4) is 0 Å². The van der Waals surface area contributed by atoms with Crippen LogP contribution in [0.2, 0.25) is 10.1 Å². The number of methoxy groups -OCH3 is 1. The first-order valence-corrected chi connectivity index (χ1v) is 11.8. The summed E-state index contributed by atoms with van der Waals surface area (Å²) >= 11 is 0. The van der Waals surface area contributed by atoms with E-state index in [2.05, 4.69) is 53.7 Å². The van der Waals surface area contributed by atoms with Crippen molar-refractivity contribution in [2.45, 2.75) is 82.5 Å². The van der Waals surface area contributed by atoms with E-state index in [9.17, 15) is 0 Å². The highest BCUT2D eigenvalue weighted by Gasteiger charge is 2.63. The van der Waals surface area contributed by atoms with Crippen LogP contribution in [0.1, 0.15) is 71.9 Å². The van der Waals surface area contributed by atoms with Crippen LogP contribution in [0.4, 0.5) is 4.11 Å². The topological polar surface area (TPSA) is 18.5 Å². The molecule has 1 aromatic carbocycles. The molecule has 0 bridgehead atoms. The van der Waals surface area contributed by atoms with E-state index < -0.39 is 8.41 Å². The highest BCUT2D eigenvalue weighted by Crippen LogP contribution is 2.61. The summed E-state index contributed by atoms with van der Waals surface area (Å²) in [6, 6.07) is 10.3. The van der Waals surface area contributed by atoms with Gasteiger partial charge in [-0.05, 0) is 34.4 Å². The number of hydrogen-bond donors (Lipinski definition) is 0. The van der Waals surface area contributed by atoms with Gasteiger partial charge in [0.25, 0.3) is 8.41 Å². The Bertz CT molecular complexity index is 548. The van der Waals surface area contributed by atoms with E-state index in [1.54, 1.807) is 7.11 Å². The number of rotatable bonds is 6. The number of benzene rings is 1. The standard InChI is InChI=1S/C22H37FO2Si/c1-21(2,3)26(23,22(4,5)6)20(17-12-9-8-10-13-17)18-14-11-15-19(18)25-16-24-7/h8-10,12-13,18-20H,11,14-16H2,1-7H3/t18-,19+,20-/m0/s1.